The predicted molar refractivity (Wildman–Crippen MR) is 102 cm³/mol. The number of piperazine rings is 1. The second-order valence-corrected chi connectivity index (χ2v) is 6.76. The molecule has 2 aliphatic heterocycles. The van der Waals surface area contributed by atoms with E-state index in [-0.39, 0.29) is 18.0 Å². The Kier molecular flexibility index (Phi) is 5.47. The Hall–Kier alpha value is -3.01. The molecule has 10 heteroatoms. The number of rotatable bonds is 4. The highest BCUT2D eigenvalue weighted by Crippen LogP contribution is 2.21. The highest BCUT2D eigenvalue weighted by molar-refractivity contribution is 5.76. The molecule has 2 fully saturated rings. The van der Waals surface area contributed by atoms with Gasteiger partial charge in [0, 0.05) is 57.6 Å². The predicted octanol–water partition coefficient (Wildman–Crippen LogP) is -0.781. The van der Waals surface area contributed by atoms with Crippen molar-refractivity contribution in [1.82, 2.24) is 24.9 Å². The van der Waals surface area contributed by atoms with E-state index in [4.69, 9.17) is 4.74 Å². The SMILES string of the molecule is O=C(Cn1ncccc1=O)N1CCN(c2cnnc(N3CCOCC3)c2)CC1. The van der Waals surface area contributed by atoms with Gasteiger partial charge in [0.05, 0.1) is 25.1 Å². The van der Waals surface area contributed by atoms with E-state index in [0.717, 1.165) is 24.6 Å². The minimum absolute atomic E-state index is 0.0301. The highest BCUT2D eigenvalue weighted by atomic mass is 16.5. The molecular formula is C18H23N7O3. The molecule has 2 aromatic rings. The molecule has 1 amide bonds. The van der Waals surface area contributed by atoms with Gasteiger partial charge in [-0.2, -0.15) is 10.2 Å². The normalized spacial score (nSPS) is 17.6. The fourth-order valence-electron chi connectivity index (χ4n) is 3.41. The molecule has 2 aliphatic rings. The summed E-state index contributed by atoms with van der Waals surface area (Å²) in [5, 5.41) is 12.3. The first-order valence-electron chi connectivity index (χ1n) is 9.41. The molecule has 0 spiro atoms. The van der Waals surface area contributed by atoms with E-state index in [1.165, 1.54) is 16.9 Å². The van der Waals surface area contributed by atoms with E-state index in [9.17, 15) is 9.59 Å². The van der Waals surface area contributed by atoms with Crippen LogP contribution >= 0.6 is 0 Å². The molecule has 2 saturated heterocycles. The van der Waals surface area contributed by atoms with Crippen molar-refractivity contribution in [3.8, 4) is 0 Å². The van der Waals surface area contributed by atoms with E-state index in [0.29, 0.717) is 39.4 Å². The average Bonchev–Trinajstić information content (AvgIpc) is 2.76. The fraction of sp³-hybridized carbons (Fsp3) is 0.500. The third-order valence-corrected chi connectivity index (χ3v) is 5.03. The lowest BCUT2D eigenvalue weighted by Gasteiger charge is -2.36. The molecule has 0 saturated carbocycles. The van der Waals surface area contributed by atoms with Crippen molar-refractivity contribution in [2.45, 2.75) is 6.54 Å². The van der Waals surface area contributed by atoms with Crippen molar-refractivity contribution in [3.05, 3.63) is 40.9 Å². The molecule has 2 aromatic heterocycles. The molecule has 4 rings (SSSR count). The molecule has 148 valence electrons. The summed E-state index contributed by atoms with van der Waals surface area (Å²) in [6.45, 7) is 5.59. The van der Waals surface area contributed by atoms with Crippen LogP contribution in [0.2, 0.25) is 0 Å². The number of morpholine rings is 1. The van der Waals surface area contributed by atoms with E-state index in [1.54, 1.807) is 17.2 Å². The summed E-state index contributed by atoms with van der Waals surface area (Å²) in [6.07, 6.45) is 3.27. The highest BCUT2D eigenvalue weighted by Gasteiger charge is 2.23. The van der Waals surface area contributed by atoms with Gasteiger partial charge in [-0.3, -0.25) is 9.59 Å². The zero-order chi connectivity index (χ0) is 19.3. The van der Waals surface area contributed by atoms with Crippen LogP contribution in [0.1, 0.15) is 0 Å². The second kappa shape index (κ2) is 8.34. The maximum absolute atomic E-state index is 12.5. The lowest BCUT2D eigenvalue weighted by Crippen LogP contribution is -2.50. The molecule has 0 unspecified atom stereocenters. The van der Waals surface area contributed by atoms with Gasteiger partial charge in [-0.1, -0.05) is 0 Å². The summed E-state index contributed by atoms with van der Waals surface area (Å²) < 4.78 is 6.58. The van der Waals surface area contributed by atoms with Crippen LogP contribution in [0.5, 0.6) is 0 Å². The molecule has 0 bridgehead atoms. The lowest BCUT2D eigenvalue weighted by molar-refractivity contribution is -0.132. The molecule has 0 N–H and O–H groups in total. The number of carbonyl (C=O) groups is 1. The lowest BCUT2D eigenvalue weighted by atomic mass is 10.2. The summed E-state index contributed by atoms with van der Waals surface area (Å²) in [5.74, 6) is 0.760. The Morgan fingerprint density at radius 1 is 1.07 bits per heavy atom. The first-order chi connectivity index (χ1) is 13.7. The smallest absolute Gasteiger partial charge is 0.267 e. The van der Waals surface area contributed by atoms with Gasteiger partial charge in [0.25, 0.3) is 5.56 Å². The van der Waals surface area contributed by atoms with Crippen molar-refractivity contribution in [1.29, 1.82) is 0 Å². The van der Waals surface area contributed by atoms with Gasteiger partial charge in [-0.25, -0.2) is 4.68 Å². The van der Waals surface area contributed by atoms with Gasteiger partial charge in [-0.15, -0.1) is 5.10 Å². The van der Waals surface area contributed by atoms with Gasteiger partial charge in [0.2, 0.25) is 5.91 Å². The van der Waals surface area contributed by atoms with Crippen molar-refractivity contribution < 1.29 is 9.53 Å². The number of nitrogens with zero attached hydrogens (tertiary/aromatic N) is 7. The monoisotopic (exact) mass is 385 g/mol. The Labute approximate surface area is 162 Å². The average molecular weight is 385 g/mol. The number of anilines is 2. The number of aromatic nitrogens is 4. The molecule has 0 aliphatic carbocycles. The van der Waals surface area contributed by atoms with Crippen molar-refractivity contribution in [3.63, 3.8) is 0 Å². The Morgan fingerprint density at radius 3 is 2.61 bits per heavy atom. The maximum Gasteiger partial charge on any atom is 0.267 e. The van der Waals surface area contributed by atoms with Crippen molar-refractivity contribution >= 4 is 17.4 Å². The maximum atomic E-state index is 12.5. The third kappa shape index (κ3) is 4.11. The summed E-state index contributed by atoms with van der Waals surface area (Å²) >= 11 is 0. The largest absolute Gasteiger partial charge is 0.378 e. The summed E-state index contributed by atoms with van der Waals surface area (Å²) in [7, 11) is 0. The Bertz CT molecular complexity index is 873. The minimum Gasteiger partial charge on any atom is -0.378 e. The van der Waals surface area contributed by atoms with E-state index in [1.807, 2.05) is 6.07 Å². The first kappa shape index (κ1) is 18.4. The van der Waals surface area contributed by atoms with Crippen LogP contribution in [0.4, 0.5) is 11.5 Å². The van der Waals surface area contributed by atoms with E-state index >= 15 is 0 Å². The zero-order valence-electron chi connectivity index (χ0n) is 15.6. The minimum atomic E-state index is -0.270. The second-order valence-electron chi connectivity index (χ2n) is 6.76. The number of amides is 1. The summed E-state index contributed by atoms with van der Waals surface area (Å²) in [4.78, 5) is 30.4. The van der Waals surface area contributed by atoms with Crippen LogP contribution in [0.3, 0.4) is 0 Å². The van der Waals surface area contributed by atoms with Crippen LogP contribution in [0.15, 0.2) is 35.4 Å². The van der Waals surface area contributed by atoms with Crippen LogP contribution < -0.4 is 15.4 Å². The number of carbonyl (C=O) groups excluding carboxylic acids is 1. The van der Waals surface area contributed by atoms with Gasteiger partial charge in [0.15, 0.2) is 5.82 Å². The Morgan fingerprint density at radius 2 is 1.86 bits per heavy atom. The van der Waals surface area contributed by atoms with Crippen molar-refractivity contribution in [2.75, 3.05) is 62.3 Å². The number of ether oxygens (including phenoxy) is 1. The van der Waals surface area contributed by atoms with Gasteiger partial charge in [0.1, 0.15) is 6.54 Å². The van der Waals surface area contributed by atoms with E-state index in [2.05, 4.69) is 25.1 Å². The summed E-state index contributed by atoms with van der Waals surface area (Å²) in [6, 6.07) is 5.01. The van der Waals surface area contributed by atoms with Gasteiger partial charge >= 0.3 is 0 Å². The molecule has 4 heterocycles. The van der Waals surface area contributed by atoms with Gasteiger partial charge in [-0.05, 0) is 6.07 Å². The quantitative estimate of drug-likeness (QED) is 0.676. The van der Waals surface area contributed by atoms with Gasteiger partial charge < -0.3 is 19.4 Å². The summed E-state index contributed by atoms with van der Waals surface area (Å²) in [5.41, 5.74) is 0.734. The molecular weight excluding hydrogens is 362 g/mol. The molecule has 0 aromatic carbocycles. The molecule has 0 atom stereocenters. The Balaban J connectivity index is 1.35. The standard InChI is InChI=1S/C18H23N7O3/c26-17-2-1-3-20-25(17)14-18(27)24-6-4-22(5-7-24)15-12-16(21-19-13-15)23-8-10-28-11-9-23/h1-3,12-13H,4-11,14H2. The van der Waals surface area contributed by atoms with Crippen LogP contribution in [0, 0.1) is 0 Å². The molecule has 28 heavy (non-hydrogen) atoms. The van der Waals surface area contributed by atoms with Crippen molar-refractivity contribution in [2.24, 2.45) is 0 Å². The van der Waals surface area contributed by atoms with Crippen LogP contribution in [-0.2, 0) is 16.1 Å². The molecule has 0 radical (unpaired) electrons. The molecule has 10 nitrogen and oxygen atoms in total. The van der Waals surface area contributed by atoms with E-state index < -0.39 is 0 Å². The number of hydrogen-bond donors (Lipinski definition) is 0. The topological polar surface area (TPSA) is 96.7 Å². The van der Waals surface area contributed by atoms with Crippen LogP contribution in [-0.4, -0.2) is 83.3 Å². The fourth-order valence-corrected chi connectivity index (χ4v) is 3.41. The third-order valence-electron chi connectivity index (χ3n) is 5.03. The first-order valence-corrected chi connectivity index (χ1v) is 9.41. The number of hydrogen-bond acceptors (Lipinski definition) is 8. The zero-order valence-corrected chi connectivity index (χ0v) is 15.6. The van der Waals surface area contributed by atoms with Crippen LogP contribution in [0.25, 0.3) is 0 Å².